The number of nitrogens with zero attached hydrogens (tertiary/aromatic N) is 2. The number of carbonyl (C=O) groups excluding carboxylic acids is 2. The zero-order chi connectivity index (χ0) is 16.5. The lowest BCUT2D eigenvalue weighted by atomic mass is 10.1. The lowest BCUT2D eigenvalue weighted by Gasteiger charge is -2.15. The maximum Gasteiger partial charge on any atom is 0.252 e. The molecule has 1 aliphatic heterocycles. The summed E-state index contributed by atoms with van der Waals surface area (Å²) in [7, 11) is 1.68. The van der Waals surface area contributed by atoms with Gasteiger partial charge in [0.15, 0.2) is 0 Å². The summed E-state index contributed by atoms with van der Waals surface area (Å²) >= 11 is 0. The second-order valence-electron chi connectivity index (χ2n) is 5.57. The molecule has 1 atom stereocenters. The lowest BCUT2D eigenvalue weighted by molar-refractivity contribution is -0.124. The molecule has 0 saturated carbocycles. The number of rotatable bonds is 8. The third-order valence-electron chi connectivity index (χ3n) is 3.89. The molecule has 1 fully saturated rings. The van der Waals surface area contributed by atoms with Gasteiger partial charge in [-0.3, -0.25) is 14.6 Å². The van der Waals surface area contributed by atoms with Crippen molar-refractivity contribution in [1.82, 2.24) is 20.5 Å². The molecule has 7 heteroatoms. The molecular formula is C16H24N4O3. The fraction of sp³-hybridized carbons (Fsp3) is 0.562. The third-order valence-corrected chi connectivity index (χ3v) is 3.89. The first-order valence-electron chi connectivity index (χ1n) is 7.88. The van der Waals surface area contributed by atoms with E-state index in [0.717, 1.165) is 26.1 Å². The number of ether oxygens (including phenoxy) is 1. The number of methoxy groups -OCH3 is 1. The second kappa shape index (κ2) is 9.22. The van der Waals surface area contributed by atoms with E-state index in [1.54, 1.807) is 25.4 Å². The lowest BCUT2D eigenvalue weighted by Crippen LogP contribution is -2.38. The number of amides is 2. The van der Waals surface area contributed by atoms with Crippen molar-refractivity contribution >= 4 is 11.8 Å². The number of aromatic nitrogens is 1. The number of hydrogen-bond donors (Lipinski definition) is 2. The van der Waals surface area contributed by atoms with Gasteiger partial charge >= 0.3 is 0 Å². The number of likely N-dealkylation sites (tertiary alicyclic amines) is 1. The van der Waals surface area contributed by atoms with Crippen molar-refractivity contribution in [2.45, 2.75) is 6.42 Å². The number of pyridine rings is 1. The molecule has 0 aliphatic carbocycles. The molecule has 0 spiro atoms. The highest BCUT2D eigenvalue weighted by molar-refractivity contribution is 5.93. The van der Waals surface area contributed by atoms with Gasteiger partial charge in [-0.05, 0) is 25.1 Å². The van der Waals surface area contributed by atoms with E-state index < -0.39 is 0 Å². The Kier molecular flexibility index (Phi) is 6.96. The molecule has 2 rings (SSSR count). The van der Waals surface area contributed by atoms with E-state index in [0.29, 0.717) is 25.3 Å². The van der Waals surface area contributed by atoms with Crippen LogP contribution >= 0.6 is 0 Å². The molecule has 2 amide bonds. The fourth-order valence-corrected chi connectivity index (χ4v) is 2.58. The Labute approximate surface area is 136 Å². The zero-order valence-corrected chi connectivity index (χ0v) is 13.5. The molecule has 126 valence electrons. The Bertz CT molecular complexity index is 509. The SMILES string of the molecule is COCCN1CCC(C(=O)NCCNC(=O)c2cccnc2)C1. The van der Waals surface area contributed by atoms with Crippen LogP contribution in [0.3, 0.4) is 0 Å². The van der Waals surface area contributed by atoms with Crippen LogP contribution in [0.5, 0.6) is 0 Å². The molecule has 1 aliphatic rings. The van der Waals surface area contributed by atoms with Crippen LogP contribution in [0.25, 0.3) is 0 Å². The number of carbonyl (C=O) groups is 2. The van der Waals surface area contributed by atoms with Crippen LogP contribution in [0.15, 0.2) is 24.5 Å². The van der Waals surface area contributed by atoms with Gasteiger partial charge in [-0.2, -0.15) is 0 Å². The van der Waals surface area contributed by atoms with Gasteiger partial charge in [-0.15, -0.1) is 0 Å². The molecule has 0 aromatic carbocycles. The molecule has 1 aromatic rings. The predicted molar refractivity (Wildman–Crippen MR) is 86.0 cm³/mol. The van der Waals surface area contributed by atoms with Crippen LogP contribution in [0.2, 0.25) is 0 Å². The smallest absolute Gasteiger partial charge is 0.252 e. The summed E-state index contributed by atoms with van der Waals surface area (Å²) in [5, 5.41) is 5.64. The van der Waals surface area contributed by atoms with E-state index in [-0.39, 0.29) is 17.7 Å². The standard InChI is InChI=1S/C16H24N4O3/c1-23-10-9-20-8-4-14(12-20)16(22)19-7-6-18-15(21)13-3-2-5-17-11-13/h2-3,5,11,14H,4,6-10,12H2,1H3,(H,18,21)(H,19,22). The summed E-state index contributed by atoms with van der Waals surface area (Å²) in [5.41, 5.74) is 0.517. The van der Waals surface area contributed by atoms with Crippen molar-refractivity contribution in [3.8, 4) is 0 Å². The first-order valence-corrected chi connectivity index (χ1v) is 7.88. The van der Waals surface area contributed by atoms with Crippen LogP contribution in [0.4, 0.5) is 0 Å². The van der Waals surface area contributed by atoms with Crippen LogP contribution in [-0.2, 0) is 9.53 Å². The first-order chi connectivity index (χ1) is 11.2. The van der Waals surface area contributed by atoms with Crippen molar-refractivity contribution in [2.24, 2.45) is 5.92 Å². The topological polar surface area (TPSA) is 83.6 Å². The molecule has 1 unspecified atom stereocenters. The first kappa shape index (κ1) is 17.4. The highest BCUT2D eigenvalue weighted by Gasteiger charge is 2.27. The molecule has 0 radical (unpaired) electrons. The van der Waals surface area contributed by atoms with Gasteiger partial charge in [0.1, 0.15) is 0 Å². The van der Waals surface area contributed by atoms with Crippen molar-refractivity contribution in [1.29, 1.82) is 0 Å². The fourth-order valence-electron chi connectivity index (χ4n) is 2.58. The van der Waals surface area contributed by atoms with Crippen LogP contribution in [-0.4, -0.2) is 68.1 Å². The second-order valence-corrected chi connectivity index (χ2v) is 5.57. The van der Waals surface area contributed by atoms with Crippen LogP contribution < -0.4 is 10.6 Å². The quantitative estimate of drug-likeness (QED) is 0.653. The monoisotopic (exact) mass is 320 g/mol. The number of nitrogens with one attached hydrogen (secondary N) is 2. The molecule has 1 aromatic heterocycles. The minimum atomic E-state index is -0.182. The minimum absolute atomic E-state index is 0.0286. The summed E-state index contributed by atoms with van der Waals surface area (Å²) in [4.78, 5) is 30.0. The maximum absolute atomic E-state index is 12.1. The van der Waals surface area contributed by atoms with Crippen molar-refractivity contribution < 1.29 is 14.3 Å². The summed E-state index contributed by atoms with van der Waals surface area (Å²) in [6.45, 7) is 4.09. The number of hydrogen-bond acceptors (Lipinski definition) is 5. The Balaban J connectivity index is 1.61. The van der Waals surface area contributed by atoms with Gasteiger partial charge in [-0.25, -0.2) is 0 Å². The van der Waals surface area contributed by atoms with E-state index in [1.165, 1.54) is 6.20 Å². The van der Waals surface area contributed by atoms with Gasteiger partial charge in [0, 0.05) is 45.7 Å². The molecule has 1 saturated heterocycles. The van der Waals surface area contributed by atoms with Gasteiger partial charge < -0.3 is 20.3 Å². The zero-order valence-electron chi connectivity index (χ0n) is 13.5. The van der Waals surface area contributed by atoms with Gasteiger partial charge in [0.05, 0.1) is 18.1 Å². The van der Waals surface area contributed by atoms with Gasteiger partial charge in [0.25, 0.3) is 5.91 Å². The summed E-state index contributed by atoms with van der Waals surface area (Å²) in [5.74, 6) is -0.0969. The van der Waals surface area contributed by atoms with Crippen LogP contribution in [0.1, 0.15) is 16.8 Å². The Hall–Kier alpha value is -1.99. The molecule has 2 N–H and O–H groups in total. The molecule has 7 nitrogen and oxygen atoms in total. The molecule has 2 heterocycles. The summed E-state index contributed by atoms with van der Waals surface area (Å²) in [6.07, 6.45) is 4.01. The largest absolute Gasteiger partial charge is 0.383 e. The maximum atomic E-state index is 12.1. The molecule has 23 heavy (non-hydrogen) atoms. The Morgan fingerprint density at radius 3 is 2.96 bits per heavy atom. The summed E-state index contributed by atoms with van der Waals surface area (Å²) in [6, 6.07) is 3.42. The van der Waals surface area contributed by atoms with E-state index in [2.05, 4.69) is 20.5 Å². The van der Waals surface area contributed by atoms with E-state index in [9.17, 15) is 9.59 Å². The average Bonchev–Trinajstić information content (AvgIpc) is 3.06. The van der Waals surface area contributed by atoms with Crippen molar-refractivity contribution in [3.05, 3.63) is 30.1 Å². The van der Waals surface area contributed by atoms with E-state index >= 15 is 0 Å². The highest BCUT2D eigenvalue weighted by Crippen LogP contribution is 2.15. The predicted octanol–water partition coefficient (Wildman–Crippen LogP) is -0.104. The van der Waals surface area contributed by atoms with Gasteiger partial charge in [-0.1, -0.05) is 0 Å². The van der Waals surface area contributed by atoms with E-state index in [4.69, 9.17) is 4.74 Å². The minimum Gasteiger partial charge on any atom is -0.383 e. The Morgan fingerprint density at radius 2 is 2.22 bits per heavy atom. The molecular weight excluding hydrogens is 296 g/mol. The van der Waals surface area contributed by atoms with Crippen LogP contribution in [0, 0.1) is 5.92 Å². The van der Waals surface area contributed by atoms with Crippen molar-refractivity contribution in [3.63, 3.8) is 0 Å². The van der Waals surface area contributed by atoms with Gasteiger partial charge in [0.2, 0.25) is 5.91 Å². The van der Waals surface area contributed by atoms with Crippen molar-refractivity contribution in [2.75, 3.05) is 46.4 Å². The average molecular weight is 320 g/mol. The molecule has 0 bridgehead atoms. The highest BCUT2D eigenvalue weighted by atomic mass is 16.5. The third kappa shape index (κ3) is 5.61. The van der Waals surface area contributed by atoms with E-state index in [1.807, 2.05) is 0 Å². The summed E-state index contributed by atoms with van der Waals surface area (Å²) < 4.78 is 5.05. The normalized spacial score (nSPS) is 17.9. The Morgan fingerprint density at radius 1 is 1.39 bits per heavy atom.